The highest BCUT2D eigenvalue weighted by molar-refractivity contribution is 5.67. The fraction of sp³-hybridized carbons (Fsp3) is 0.812. The Morgan fingerprint density at radius 3 is 2.23 bits per heavy atom. The molecule has 0 amide bonds. The molecule has 3 fully saturated rings. The highest BCUT2D eigenvalue weighted by atomic mass is 16.6. The smallest absolute Gasteiger partial charge is 0.303 e. The molecule has 0 radical (unpaired) electrons. The van der Waals surface area contributed by atoms with Gasteiger partial charge in [0.2, 0.25) is 0 Å². The monoisotopic (exact) mass is 546 g/mol. The average molecular weight is 547 g/mol. The zero-order valence-electron chi connectivity index (χ0n) is 24.9. The Kier molecular flexibility index (Phi) is 8.23. The number of aliphatic hydroxyl groups is 3. The largest absolute Gasteiger partial charge is 0.459 e. The van der Waals surface area contributed by atoms with E-state index in [2.05, 4.69) is 40.3 Å². The first-order chi connectivity index (χ1) is 18.0. The van der Waals surface area contributed by atoms with E-state index in [0.717, 1.165) is 37.7 Å². The van der Waals surface area contributed by atoms with Gasteiger partial charge >= 0.3 is 11.9 Å². The van der Waals surface area contributed by atoms with E-state index < -0.39 is 42.0 Å². The Morgan fingerprint density at radius 1 is 1.05 bits per heavy atom. The SMILES string of the molecule is C=C(CC(O)C(C)(O)C1CCC2C3=CC(OC(C)=O)C4[C@@H](OC(C)=O)[C@@H](O)CC[C@]4(C)C3CC[C@@]21C)C(C)C. The zero-order valence-corrected chi connectivity index (χ0v) is 24.9. The number of hydrogen-bond acceptors (Lipinski definition) is 7. The molecule has 4 aliphatic carbocycles. The average Bonchev–Trinajstić information content (AvgIpc) is 3.18. The molecule has 0 aromatic rings. The van der Waals surface area contributed by atoms with Gasteiger partial charge < -0.3 is 24.8 Å². The first kappa shape index (κ1) is 30.3. The molecule has 4 aliphatic rings. The number of aliphatic hydroxyl groups excluding tert-OH is 2. The maximum absolute atomic E-state index is 12.3. The molecule has 0 spiro atoms. The summed E-state index contributed by atoms with van der Waals surface area (Å²) in [5, 5.41) is 33.9. The molecule has 0 aromatic heterocycles. The molecule has 0 saturated heterocycles. The van der Waals surface area contributed by atoms with Crippen molar-refractivity contribution in [2.75, 3.05) is 0 Å². The standard InChI is InChI=1S/C32H50O7/c1-17(2)18(3)15-27(36)32(8,37)26-10-9-22-21-16-25(38-19(4)33)28-29(39-20(5)34)24(35)12-14-31(28,7)23(21)11-13-30(22,26)6/h16-17,22-29,35-37H,3,9-15H2,1-2,4-8H3/t22?,23?,24-,25?,26?,27?,28?,29-,30-,31+,32?/m0/s1. The molecule has 0 aromatic carbocycles. The van der Waals surface area contributed by atoms with Crippen molar-refractivity contribution in [3.8, 4) is 0 Å². The van der Waals surface area contributed by atoms with E-state index in [1.807, 2.05) is 0 Å². The van der Waals surface area contributed by atoms with Gasteiger partial charge in [-0.05, 0) is 92.4 Å². The van der Waals surface area contributed by atoms with Crippen LogP contribution in [0.4, 0.5) is 0 Å². The second kappa shape index (κ2) is 10.6. The van der Waals surface area contributed by atoms with Gasteiger partial charge in [-0.1, -0.05) is 45.4 Å². The predicted molar refractivity (Wildman–Crippen MR) is 148 cm³/mol. The zero-order chi connectivity index (χ0) is 29.1. The summed E-state index contributed by atoms with van der Waals surface area (Å²) in [6, 6.07) is 0. The van der Waals surface area contributed by atoms with Gasteiger partial charge in [-0.15, -0.1) is 0 Å². The maximum atomic E-state index is 12.3. The molecular formula is C32H50O7. The number of allylic oxidation sites excluding steroid dienone is 1. The molecule has 7 nitrogen and oxygen atoms in total. The Labute approximate surface area is 234 Å². The predicted octanol–water partition coefficient (Wildman–Crippen LogP) is 4.72. The third kappa shape index (κ3) is 5.12. The topological polar surface area (TPSA) is 113 Å². The lowest BCUT2D eigenvalue weighted by molar-refractivity contribution is -0.196. The van der Waals surface area contributed by atoms with E-state index in [9.17, 15) is 24.9 Å². The van der Waals surface area contributed by atoms with Crippen LogP contribution in [0.3, 0.4) is 0 Å². The van der Waals surface area contributed by atoms with Gasteiger partial charge in [-0.3, -0.25) is 9.59 Å². The van der Waals surface area contributed by atoms with Gasteiger partial charge in [-0.25, -0.2) is 0 Å². The van der Waals surface area contributed by atoms with E-state index >= 15 is 0 Å². The summed E-state index contributed by atoms with van der Waals surface area (Å²) in [5.74, 6) is -0.658. The van der Waals surface area contributed by atoms with Gasteiger partial charge in [0, 0.05) is 19.8 Å². The van der Waals surface area contributed by atoms with E-state index in [0.29, 0.717) is 12.8 Å². The quantitative estimate of drug-likeness (QED) is 0.313. The summed E-state index contributed by atoms with van der Waals surface area (Å²) < 4.78 is 11.6. The Bertz CT molecular complexity index is 1010. The first-order valence-corrected chi connectivity index (χ1v) is 14.9. The third-order valence-electron chi connectivity index (χ3n) is 11.3. The maximum Gasteiger partial charge on any atom is 0.303 e. The summed E-state index contributed by atoms with van der Waals surface area (Å²) in [7, 11) is 0. The Hall–Kier alpha value is -1.70. The number of fused-ring (bicyclic) bond motifs is 5. The minimum absolute atomic E-state index is 0.0912. The Morgan fingerprint density at radius 2 is 1.64 bits per heavy atom. The van der Waals surface area contributed by atoms with Crippen LogP contribution in [0.15, 0.2) is 23.8 Å². The van der Waals surface area contributed by atoms with Crippen molar-refractivity contribution in [2.24, 2.45) is 40.4 Å². The Balaban J connectivity index is 1.71. The molecule has 7 heteroatoms. The van der Waals surface area contributed by atoms with Gasteiger partial charge in [-0.2, -0.15) is 0 Å². The summed E-state index contributed by atoms with van der Waals surface area (Å²) in [5.41, 5.74) is 0.400. The van der Waals surface area contributed by atoms with Gasteiger partial charge in [0.1, 0.15) is 12.2 Å². The fourth-order valence-corrected chi connectivity index (χ4v) is 9.13. The van der Waals surface area contributed by atoms with Crippen molar-refractivity contribution in [1.82, 2.24) is 0 Å². The highest BCUT2D eigenvalue weighted by Crippen LogP contribution is 2.67. The number of rotatable bonds is 7. The lowest BCUT2D eigenvalue weighted by Gasteiger charge is -2.60. The molecule has 220 valence electrons. The fourth-order valence-electron chi connectivity index (χ4n) is 9.13. The van der Waals surface area contributed by atoms with E-state index in [1.165, 1.54) is 19.4 Å². The lowest BCUT2D eigenvalue weighted by Crippen LogP contribution is -2.61. The van der Waals surface area contributed by atoms with Crippen LogP contribution in [0, 0.1) is 40.4 Å². The van der Waals surface area contributed by atoms with E-state index in [1.54, 1.807) is 6.92 Å². The van der Waals surface area contributed by atoms with Crippen LogP contribution in [-0.4, -0.2) is 57.3 Å². The summed E-state index contributed by atoms with van der Waals surface area (Å²) in [6.45, 7) is 17.2. The molecule has 11 atom stereocenters. The molecule has 4 rings (SSSR count). The van der Waals surface area contributed by atoms with Crippen LogP contribution in [0.5, 0.6) is 0 Å². The molecule has 39 heavy (non-hydrogen) atoms. The minimum Gasteiger partial charge on any atom is -0.459 e. The van der Waals surface area contributed by atoms with Crippen molar-refractivity contribution in [3.63, 3.8) is 0 Å². The second-order valence-corrected chi connectivity index (χ2v) is 14.0. The third-order valence-corrected chi connectivity index (χ3v) is 11.3. The highest BCUT2D eigenvalue weighted by Gasteiger charge is 2.64. The number of carbonyl (C=O) groups excluding carboxylic acids is 2. The number of esters is 2. The van der Waals surface area contributed by atoms with Gasteiger partial charge in [0.05, 0.1) is 17.8 Å². The van der Waals surface area contributed by atoms with Gasteiger partial charge in [0.15, 0.2) is 0 Å². The molecule has 0 bridgehead atoms. The van der Waals surface area contributed by atoms with Crippen LogP contribution in [0.2, 0.25) is 0 Å². The number of hydrogen-bond donors (Lipinski definition) is 3. The van der Waals surface area contributed by atoms with Crippen LogP contribution in [0.25, 0.3) is 0 Å². The van der Waals surface area contributed by atoms with Crippen molar-refractivity contribution < 1.29 is 34.4 Å². The normalized spacial score (nSPS) is 41.8. The summed E-state index contributed by atoms with van der Waals surface area (Å²) in [4.78, 5) is 24.3. The second-order valence-electron chi connectivity index (χ2n) is 14.0. The van der Waals surface area contributed by atoms with E-state index in [4.69, 9.17) is 9.47 Å². The van der Waals surface area contributed by atoms with Crippen molar-refractivity contribution in [3.05, 3.63) is 23.8 Å². The summed E-state index contributed by atoms with van der Waals surface area (Å²) >= 11 is 0. The number of carbonyl (C=O) groups is 2. The molecule has 3 N–H and O–H groups in total. The molecule has 0 aliphatic heterocycles. The molecule has 3 saturated carbocycles. The lowest BCUT2D eigenvalue weighted by atomic mass is 9.46. The van der Waals surface area contributed by atoms with Crippen molar-refractivity contribution in [1.29, 1.82) is 0 Å². The van der Waals surface area contributed by atoms with Crippen LogP contribution >= 0.6 is 0 Å². The van der Waals surface area contributed by atoms with Crippen LogP contribution < -0.4 is 0 Å². The van der Waals surface area contributed by atoms with E-state index in [-0.39, 0.29) is 40.4 Å². The molecule has 0 heterocycles. The number of ether oxygens (including phenoxy) is 2. The molecular weight excluding hydrogens is 496 g/mol. The first-order valence-electron chi connectivity index (χ1n) is 14.9. The van der Waals surface area contributed by atoms with Crippen LogP contribution in [0.1, 0.15) is 93.4 Å². The van der Waals surface area contributed by atoms with Crippen LogP contribution in [-0.2, 0) is 19.1 Å². The van der Waals surface area contributed by atoms with Crippen molar-refractivity contribution in [2.45, 2.75) is 123 Å². The van der Waals surface area contributed by atoms with Crippen molar-refractivity contribution >= 4 is 11.9 Å². The summed E-state index contributed by atoms with van der Waals surface area (Å²) in [6.07, 6.45) is 4.17. The molecule has 7 unspecified atom stereocenters. The van der Waals surface area contributed by atoms with Gasteiger partial charge in [0.25, 0.3) is 0 Å². The minimum atomic E-state index is -1.26.